The molecule has 2 rings (SSSR count). The standard InChI is InChI=1S/C13H21N5O3/c1-17(9-6-4-3-5-7-9)10(19)8-18-12(14)11(15-16-18)13(20)21-2/h9H,3-8,14H2,1-2H3. The van der Waals surface area contributed by atoms with Crippen molar-refractivity contribution in [2.24, 2.45) is 0 Å². The Kier molecular flexibility index (Phi) is 4.77. The summed E-state index contributed by atoms with van der Waals surface area (Å²) in [7, 11) is 3.04. The molecule has 8 nitrogen and oxygen atoms in total. The Bertz CT molecular complexity index is 522. The van der Waals surface area contributed by atoms with E-state index in [1.54, 1.807) is 11.9 Å². The third-order valence-electron chi connectivity index (χ3n) is 3.95. The Morgan fingerprint density at radius 1 is 1.38 bits per heavy atom. The van der Waals surface area contributed by atoms with Gasteiger partial charge in [0.25, 0.3) is 0 Å². The first-order valence-corrected chi connectivity index (χ1v) is 7.07. The molecule has 0 atom stereocenters. The number of methoxy groups -OCH3 is 1. The molecule has 0 aliphatic heterocycles. The quantitative estimate of drug-likeness (QED) is 0.808. The van der Waals surface area contributed by atoms with Crippen molar-refractivity contribution in [3.8, 4) is 0 Å². The van der Waals surface area contributed by atoms with E-state index < -0.39 is 5.97 Å². The van der Waals surface area contributed by atoms with Crippen LogP contribution in [0.2, 0.25) is 0 Å². The third-order valence-corrected chi connectivity index (χ3v) is 3.95. The zero-order valence-corrected chi connectivity index (χ0v) is 12.4. The molecule has 1 saturated carbocycles. The van der Waals surface area contributed by atoms with Gasteiger partial charge in [0.15, 0.2) is 5.82 Å². The Labute approximate surface area is 123 Å². The van der Waals surface area contributed by atoms with E-state index in [4.69, 9.17) is 5.73 Å². The van der Waals surface area contributed by atoms with Crippen molar-refractivity contribution < 1.29 is 14.3 Å². The maximum atomic E-state index is 12.3. The molecule has 21 heavy (non-hydrogen) atoms. The summed E-state index contributed by atoms with van der Waals surface area (Å²) in [6.07, 6.45) is 5.60. The smallest absolute Gasteiger partial charge is 0.362 e. The molecule has 2 N–H and O–H groups in total. The largest absolute Gasteiger partial charge is 0.464 e. The monoisotopic (exact) mass is 295 g/mol. The summed E-state index contributed by atoms with van der Waals surface area (Å²) in [5.74, 6) is -0.700. The lowest BCUT2D eigenvalue weighted by Gasteiger charge is -2.31. The van der Waals surface area contributed by atoms with E-state index in [0.29, 0.717) is 0 Å². The van der Waals surface area contributed by atoms with Gasteiger partial charge in [0.1, 0.15) is 6.54 Å². The molecule has 0 saturated heterocycles. The fraction of sp³-hybridized carbons (Fsp3) is 0.692. The van der Waals surface area contributed by atoms with Crippen molar-refractivity contribution in [2.45, 2.75) is 44.7 Å². The maximum Gasteiger partial charge on any atom is 0.362 e. The SMILES string of the molecule is COC(=O)c1nnn(CC(=O)N(C)C2CCCCC2)c1N. The second kappa shape index (κ2) is 6.55. The molecule has 1 aliphatic rings. The number of nitrogens with zero attached hydrogens (tertiary/aromatic N) is 4. The van der Waals surface area contributed by atoms with Crippen LogP contribution >= 0.6 is 0 Å². The summed E-state index contributed by atoms with van der Waals surface area (Å²) >= 11 is 0. The number of hydrogen-bond donors (Lipinski definition) is 1. The number of ether oxygens (including phenoxy) is 1. The average Bonchev–Trinajstić information content (AvgIpc) is 2.87. The van der Waals surface area contributed by atoms with Crippen molar-refractivity contribution in [1.82, 2.24) is 19.9 Å². The van der Waals surface area contributed by atoms with Crippen molar-refractivity contribution in [3.05, 3.63) is 5.69 Å². The first-order chi connectivity index (χ1) is 10.0. The van der Waals surface area contributed by atoms with Crippen LogP contribution < -0.4 is 5.73 Å². The van der Waals surface area contributed by atoms with E-state index in [1.165, 1.54) is 18.2 Å². The third kappa shape index (κ3) is 3.32. The molecule has 8 heteroatoms. The fourth-order valence-corrected chi connectivity index (χ4v) is 2.59. The molecule has 0 unspecified atom stereocenters. The van der Waals surface area contributed by atoms with Crippen molar-refractivity contribution in [1.29, 1.82) is 0 Å². The molecule has 1 aromatic rings. The van der Waals surface area contributed by atoms with Gasteiger partial charge in [-0.05, 0) is 12.8 Å². The Hall–Kier alpha value is -2.12. The van der Waals surface area contributed by atoms with Gasteiger partial charge in [0.05, 0.1) is 7.11 Å². The summed E-state index contributed by atoms with van der Waals surface area (Å²) in [6, 6.07) is 0.274. The number of rotatable bonds is 4. The molecule has 1 aliphatic carbocycles. The molecule has 1 aromatic heterocycles. The maximum absolute atomic E-state index is 12.3. The highest BCUT2D eigenvalue weighted by Gasteiger charge is 2.24. The molecule has 0 spiro atoms. The number of hydrogen-bond acceptors (Lipinski definition) is 6. The number of likely N-dealkylation sites (N-methyl/N-ethyl adjacent to an activating group) is 1. The van der Waals surface area contributed by atoms with Gasteiger partial charge in [0.2, 0.25) is 11.6 Å². The number of amides is 1. The lowest BCUT2D eigenvalue weighted by atomic mass is 9.94. The highest BCUT2D eigenvalue weighted by molar-refractivity contribution is 5.92. The summed E-state index contributed by atoms with van der Waals surface area (Å²) < 4.78 is 5.78. The minimum absolute atomic E-state index is 0.0250. The first-order valence-electron chi connectivity index (χ1n) is 7.07. The van der Waals surface area contributed by atoms with Gasteiger partial charge in [0, 0.05) is 13.1 Å². The molecule has 1 heterocycles. The van der Waals surface area contributed by atoms with Crippen molar-refractivity contribution >= 4 is 17.7 Å². The van der Waals surface area contributed by atoms with Crippen LogP contribution in [0.1, 0.15) is 42.6 Å². The molecular weight excluding hydrogens is 274 g/mol. The molecule has 0 aromatic carbocycles. The predicted octanol–water partition coefficient (Wildman–Crippen LogP) is 0.438. The molecular formula is C13H21N5O3. The Morgan fingerprint density at radius 3 is 2.67 bits per heavy atom. The molecule has 1 fully saturated rings. The van der Waals surface area contributed by atoms with E-state index in [-0.39, 0.29) is 30.0 Å². The highest BCUT2D eigenvalue weighted by atomic mass is 16.5. The average molecular weight is 295 g/mol. The second-order valence-electron chi connectivity index (χ2n) is 5.27. The number of aromatic nitrogens is 3. The normalized spacial score (nSPS) is 15.7. The van der Waals surface area contributed by atoms with E-state index in [0.717, 1.165) is 25.7 Å². The number of carbonyl (C=O) groups is 2. The van der Waals surface area contributed by atoms with Crippen LogP contribution in [0.25, 0.3) is 0 Å². The van der Waals surface area contributed by atoms with Crippen LogP contribution in [0.3, 0.4) is 0 Å². The summed E-state index contributed by atoms with van der Waals surface area (Å²) in [5.41, 5.74) is 5.71. The highest BCUT2D eigenvalue weighted by Crippen LogP contribution is 2.22. The first kappa shape index (κ1) is 15.3. The van der Waals surface area contributed by atoms with Gasteiger partial charge < -0.3 is 15.4 Å². The predicted molar refractivity (Wildman–Crippen MR) is 75.4 cm³/mol. The van der Waals surface area contributed by atoms with E-state index in [2.05, 4.69) is 15.0 Å². The van der Waals surface area contributed by atoms with Crippen LogP contribution in [0.15, 0.2) is 0 Å². The topological polar surface area (TPSA) is 103 Å². The molecule has 0 radical (unpaired) electrons. The lowest BCUT2D eigenvalue weighted by molar-refractivity contribution is -0.133. The van der Waals surface area contributed by atoms with E-state index in [1.807, 2.05) is 0 Å². The number of esters is 1. The van der Waals surface area contributed by atoms with Gasteiger partial charge in [-0.25, -0.2) is 9.48 Å². The van der Waals surface area contributed by atoms with Crippen LogP contribution in [0.4, 0.5) is 5.82 Å². The van der Waals surface area contributed by atoms with Crippen LogP contribution in [0.5, 0.6) is 0 Å². The van der Waals surface area contributed by atoms with Gasteiger partial charge in [-0.15, -0.1) is 5.10 Å². The van der Waals surface area contributed by atoms with E-state index >= 15 is 0 Å². The van der Waals surface area contributed by atoms with Crippen molar-refractivity contribution in [2.75, 3.05) is 19.9 Å². The minimum atomic E-state index is -0.660. The zero-order valence-electron chi connectivity index (χ0n) is 12.4. The van der Waals surface area contributed by atoms with Crippen molar-refractivity contribution in [3.63, 3.8) is 0 Å². The summed E-state index contributed by atoms with van der Waals surface area (Å²) in [5, 5.41) is 7.40. The number of anilines is 1. The Balaban J connectivity index is 2.02. The zero-order chi connectivity index (χ0) is 15.4. The molecule has 0 bridgehead atoms. The fourth-order valence-electron chi connectivity index (χ4n) is 2.59. The van der Waals surface area contributed by atoms with Crippen LogP contribution in [-0.4, -0.2) is 52.0 Å². The molecule has 116 valence electrons. The van der Waals surface area contributed by atoms with Gasteiger partial charge in [-0.2, -0.15) is 0 Å². The minimum Gasteiger partial charge on any atom is -0.464 e. The van der Waals surface area contributed by atoms with E-state index in [9.17, 15) is 9.59 Å². The Morgan fingerprint density at radius 2 is 2.05 bits per heavy atom. The molecule has 1 amide bonds. The van der Waals surface area contributed by atoms with Gasteiger partial charge in [-0.1, -0.05) is 24.5 Å². The second-order valence-corrected chi connectivity index (χ2v) is 5.27. The van der Waals surface area contributed by atoms with Gasteiger partial charge in [-0.3, -0.25) is 4.79 Å². The number of carbonyl (C=O) groups excluding carboxylic acids is 2. The number of nitrogen functional groups attached to an aromatic ring is 1. The lowest BCUT2D eigenvalue weighted by Crippen LogP contribution is -2.40. The summed E-state index contributed by atoms with van der Waals surface area (Å²) in [4.78, 5) is 25.4. The van der Waals surface area contributed by atoms with Gasteiger partial charge >= 0.3 is 5.97 Å². The van der Waals surface area contributed by atoms with Crippen LogP contribution in [-0.2, 0) is 16.1 Å². The summed E-state index contributed by atoms with van der Waals surface area (Å²) in [6.45, 7) is -0.0250. The van der Waals surface area contributed by atoms with Crippen LogP contribution in [0, 0.1) is 0 Å². The number of nitrogens with two attached hydrogens (primary N) is 1.